The van der Waals surface area contributed by atoms with Crippen LogP contribution in [-0.2, 0) is 4.74 Å². The van der Waals surface area contributed by atoms with Crippen LogP contribution in [0.2, 0.25) is 0 Å². The monoisotopic (exact) mass is 242 g/mol. The van der Waals surface area contributed by atoms with E-state index < -0.39 is 11.7 Å². The van der Waals surface area contributed by atoms with E-state index in [2.05, 4.69) is 14.7 Å². The van der Waals surface area contributed by atoms with Crippen molar-refractivity contribution in [2.24, 2.45) is 0 Å². The van der Waals surface area contributed by atoms with Crippen molar-refractivity contribution >= 4 is 17.7 Å². The zero-order chi connectivity index (χ0) is 12.1. The van der Waals surface area contributed by atoms with Crippen molar-refractivity contribution < 1.29 is 9.53 Å². The standard InChI is InChI=1S/C10H14N2O3S/c1-4-5-16-8-7(9(13)15-3)6(2)11-10(14)12-8/h4-5H2,1-3H3,(H,11,12,14). The number of carbonyl (C=O) groups is 1. The third-order valence-electron chi connectivity index (χ3n) is 1.92. The number of nitrogens with one attached hydrogen (secondary N) is 1. The molecular formula is C10H14N2O3S. The van der Waals surface area contributed by atoms with E-state index in [0.717, 1.165) is 12.2 Å². The Balaban J connectivity index is 3.21. The van der Waals surface area contributed by atoms with Gasteiger partial charge in [0.2, 0.25) is 0 Å². The number of aromatic nitrogens is 2. The Bertz CT molecular complexity index is 442. The second-order valence-electron chi connectivity index (χ2n) is 3.19. The Morgan fingerprint density at radius 2 is 2.25 bits per heavy atom. The minimum Gasteiger partial charge on any atom is -0.465 e. The summed E-state index contributed by atoms with van der Waals surface area (Å²) in [5, 5.41) is 0.440. The summed E-state index contributed by atoms with van der Waals surface area (Å²) in [7, 11) is 1.31. The molecule has 16 heavy (non-hydrogen) atoms. The highest BCUT2D eigenvalue weighted by Gasteiger charge is 2.17. The van der Waals surface area contributed by atoms with Crippen LogP contribution in [0.15, 0.2) is 9.82 Å². The molecule has 0 radical (unpaired) electrons. The number of hydrogen-bond acceptors (Lipinski definition) is 5. The molecule has 0 bridgehead atoms. The van der Waals surface area contributed by atoms with E-state index in [1.165, 1.54) is 18.9 Å². The molecule has 1 rings (SSSR count). The third kappa shape index (κ3) is 2.85. The molecule has 1 heterocycles. The van der Waals surface area contributed by atoms with Gasteiger partial charge < -0.3 is 9.72 Å². The molecule has 0 spiro atoms. The van der Waals surface area contributed by atoms with Crippen LogP contribution in [0.3, 0.4) is 0 Å². The summed E-state index contributed by atoms with van der Waals surface area (Å²) in [6.07, 6.45) is 0.943. The summed E-state index contributed by atoms with van der Waals surface area (Å²) in [6, 6.07) is 0. The summed E-state index contributed by atoms with van der Waals surface area (Å²) in [4.78, 5) is 29.0. The van der Waals surface area contributed by atoms with E-state index in [0.29, 0.717) is 16.3 Å². The van der Waals surface area contributed by atoms with Crippen LogP contribution in [0.25, 0.3) is 0 Å². The van der Waals surface area contributed by atoms with Gasteiger partial charge in [-0.1, -0.05) is 6.92 Å². The summed E-state index contributed by atoms with van der Waals surface area (Å²) >= 11 is 1.39. The molecule has 0 aliphatic carbocycles. The van der Waals surface area contributed by atoms with Gasteiger partial charge in [-0.15, -0.1) is 11.8 Å². The molecule has 0 atom stereocenters. The predicted octanol–water partition coefficient (Wildman–Crippen LogP) is 1.37. The number of aryl methyl sites for hydroxylation is 1. The molecule has 0 aliphatic rings. The maximum absolute atomic E-state index is 11.5. The maximum atomic E-state index is 11.5. The molecule has 0 saturated carbocycles. The van der Waals surface area contributed by atoms with Crippen molar-refractivity contribution in [3.8, 4) is 0 Å². The summed E-state index contributed by atoms with van der Waals surface area (Å²) in [5.74, 6) is 0.333. The maximum Gasteiger partial charge on any atom is 0.346 e. The molecule has 0 saturated heterocycles. The lowest BCUT2D eigenvalue weighted by Gasteiger charge is -2.07. The van der Waals surface area contributed by atoms with Gasteiger partial charge >= 0.3 is 11.7 Å². The molecule has 0 amide bonds. The average molecular weight is 242 g/mol. The van der Waals surface area contributed by atoms with Crippen LogP contribution in [0, 0.1) is 6.92 Å². The van der Waals surface area contributed by atoms with Gasteiger partial charge in [0.1, 0.15) is 10.6 Å². The number of hydrogen-bond donors (Lipinski definition) is 1. The van der Waals surface area contributed by atoms with Crippen molar-refractivity contribution in [1.82, 2.24) is 9.97 Å². The Kier molecular flexibility index (Phi) is 4.54. The van der Waals surface area contributed by atoms with Gasteiger partial charge in [-0.2, -0.15) is 4.98 Å². The molecule has 1 aromatic heterocycles. The normalized spacial score (nSPS) is 10.2. The molecular weight excluding hydrogens is 228 g/mol. The minimum atomic E-state index is -0.472. The summed E-state index contributed by atoms with van der Waals surface area (Å²) < 4.78 is 4.66. The minimum absolute atomic E-state index is 0.348. The first-order chi connectivity index (χ1) is 7.60. The van der Waals surface area contributed by atoms with E-state index in [9.17, 15) is 9.59 Å². The lowest BCUT2D eigenvalue weighted by atomic mass is 10.2. The number of rotatable bonds is 4. The molecule has 1 N–H and O–H groups in total. The Hall–Kier alpha value is -1.30. The van der Waals surface area contributed by atoms with Crippen LogP contribution in [0.1, 0.15) is 29.4 Å². The first kappa shape index (κ1) is 12.8. The van der Waals surface area contributed by atoms with E-state index in [1.807, 2.05) is 6.92 Å². The third-order valence-corrected chi connectivity index (χ3v) is 3.10. The van der Waals surface area contributed by atoms with Gasteiger partial charge in [-0.05, 0) is 19.1 Å². The lowest BCUT2D eigenvalue weighted by Crippen LogP contribution is -2.19. The number of esters is 1. The number of H-pyrrole nitrogens is 1. The van der Waals surface area contributed by atoms with Gasteiger partial charge in [0, 0.05) is 5.69 Å². The van der Waals surface area contributed by atoms with E-state index in [4.69, 9.17) is 0 Å². The van der Waals surface area contributed by atoms with Gasteiger partial charge in [0.15, 0.2) is 0 Å². The Labute approximate surface area is 97.6 Å². The van der Waals surface area contributed by atoms with Crippen molar-refractivity contribution in [2.45, 2.75) is 25.3 Å². The predicted molar refractivity (Wildman–Crippen MR) is 61.9 cm³/mol. The van der Waals surface area contributed by atoms with E-state index in [-0.39, 0.29) is 0 Å². The van der Waals surface area contributed by atoms with Crippen LogP contribution in [0.4, 0.5) is 0 Å². The fraction of sp³-hybridized carbons (Fsp3) is 0.500. The van der Waals surface area contributed by atoms with Crippen LogP contribution < -0.4 is 5.69 Å². The molecule has 0 aliphatic heterocycles. The van der Waals surface area contributed by atoms with Crippen LogP contribution in [-0.4, -0.2) is 28.8 Å². The van der Waals surface area contributed by atoms with Crippen LogP contribution in [0.5, 0.6) is 0 Å². The molecule has 88 valence electrons. The smallest absolute Gasteiger partial charge is 0.346 e. The number of methoxy groups -OCH3 is 1. The van der Waals surface area contributed by atoms with Gasteiger partial charge in [0.25, 0.3) is 0 Å². The first-order valence-corrected chi connectivity index (χ1v) is 5.90. The fourth-order valence-electron chi connectivity index (χ4n) is 1.21. The Morgan fingerprint density at radius 1 is 1.56 bits per heavy atom. The molecule has 0 unspecified atom stereocenters. The zero-order valence-corrected chi connectivity index (χ0v) is 10.3. The first-order valence-electron chi connectivity index (χ1n) is 4.92. The van der Waals surface area contributed by atoms with Gasteiger partial charge in [-0.25, -0.2) is 9.59 Å². The number of thioether (sulfide) groups is 1. The van der Waals surface area contributed by atoms with Crippen molar-refractivity contribution in [1.29, 1.82) is 0 Å². The number of aromatic amines is 1. The molecule has 0 fully saturated rings. The van der Waals surface area contributed by atoms with Crippen molar-refractivity contribution in [2.75, 3.05) is 12.9 Å². The van der Waals surface area contributed by atoms with Crippen molar-refractivity contribution in [3.63, 3.8) is 0 Å². The zero-order valence-electron chi connectivity index (χ0n) is 9.49. The molecule has 0 aromatic carbocycles. The Morgan fingerprint density at radius 3 is 2.81 bits per heavy atom. The molecule has 6 heteroatoms. The molecule has 1 aromatic rings. The van der Waals surface area contributed by atoms with Crippen molar-refractivity contribution in [3.05, 3.63) is 21.7 Å². The highest BCUT2D eigenvalue weighted by molar-refractivity contribution is 7.99. The van der Waals surface area contributed by atoms with E-state index >= 15 is 0 Å². The quantitative estimate of drug-likeness (QED) is 0.490. The summed E-state index contributed by atoms with van der Waals surface area (Å²) in [6.45, 7) is 3.68. The average Bonchev–Trinajstić information content (AvgIpc) is 2.24. The summed E-state index contributed by atoms with van der Waals surface area (Å²) in [5.41, 5.74) is 0.398. The fourth-order valence-corrected chi connectivity index (χ4v) is 2.13. The van der Waals surface area contributed by atoms with E-state index in [1.54, 1.807) is 6.92 Å². The van der Waals surface area contributed by atoms with Crippen LogP contribution >= 0.6 is 11.8 Å². The SMILES string of the molecule is CCCSc1nc(=O)[nH]c(C)c1C(=O)OC. The highest BCUT2D eigenvalue weighted by Crippen LogP contribution is 2.21. The topological polar surface area (TPSA) is 72.0 Å². The number of nitrogens with zero attached hydrogens (tertiary/aromatic N) is 1. The highest BCUT2D eigenvalue weighted by atomic mass is 32.2. The largest absolute Gasteiger partial charge is 0.465 e. The second-order valence-corrected chi connectivity index (χ2v) is 4.27. The molecule has 5 nitrogen and oxygen atoms in total. The van der Waals surface area contributed by atoms with Gasteiger partial charge in [-0.3, -0.25) is 0 Å². The number of carbonyl (C=O) groups excluding carboxylic acids is 1. The van der Waals surface area contributed by atoms with Gasteiger partial charge in [0.05, 0.1) is 7.11 Å². The number of ether oxygens (including phenoxy) is 1. The lowest BCUT2D eigenvalue weighted by molar-refractivity contribution is 0.0594. The second kappa shape index (κ2) is 5.69.